The van der Waals surface area contributed by atoms with Crippen molar-refractivity contribution >= 4 is 0 Å². The number of hydrogen-bond donors (Lipinski definition) is 2. The minimum Gasteiger partial charge on any atom is -0.234 e. The molecule has 0 unspecified atom stereocenters. The highest BCUT2D eigenvalue weighted by atomic mass is 15.6. The Balaban J connectivity index is 2.25. The topological polar surface area (TPSA) is 43.9 Å². The van der Waals surface area contributed by atoms with E-state index < -0.39 is 0 Å². The lowest BCUT2D eigenvalue weighted by atomic mass is 10.0. The van der Waals surface area contributed by atoms with Gasteiger partial charge < -0.3 is 0 Å². The van der Waals surface area contributed by atoms with Gasteiger partial charge in [0.2, 0.25) is 0 Å². The first-order valence-corrected chi connectivity index (χ1v) is 4.91. The average molecular weight is 176 g/mol. The first-order valence-electron chi connectivity index (χ1n) is 4.91. The van der Waals surface area contributed by atoms with Crippen LogP contribution in [0.25, 0.3) is 0 Å². The van der Waals surface area contributed by atoms with Crippen LogP contribution in [-0.4, -0.2) is 0 Å². The van der Waals surface area contributed by atoms with Crippen LogP contribution in [0.5, 0.6) is 0 Å². The van der Waals surface area contributed by atoms with Crippen LogP contribution >= 0.6 is 0 Å². The summed E-state index contributed by atoms with van der Waals surface area (Å²) in [5.74, 6) is 0. The second-order valence-electron chi connectivity index (χ2n) is 3.66. The average Bonchev–Trinajstić information content (AvgIpc) is 2.92. The molecule has 2 N–H and O–H groups in total. The Morgan fingerprint density at radius 1 is 1.31 bits per heavy atom. The molecule has 1 fully saturated rings. The van der Waals surface area contributed by atoms with Crippen LogP contribution in [0.3, 0.4) is 0 Å². The minimum atomic E-state index is 0.399. The van der Waals surface area contributed by atoms with E-state index in [4.69, 9.17) is 0 Å². The van der Waals surface area contributed by atoms with Crippen LogP contribution in [0.15, 0.2) is 18.2 Å². The monoisotopic (exact) mass is 176 g/mol. The zero-order chi connectivity index (χ0) is 9.26. The Hall–Kier alpha value is -0.860. The number of hydrogen-bond acceptors (Lipinski definition) is 2. The number of benzene rings is 1. The number of rotatable bonds is 3. The van der Waals surface area contributed by atoms with Crippen LogP contribution in [-0.2, 0) is 6.42 Å². The second kappa shape index (κ2) is 3.48. The lowest BCUT2D eigenvalue weighted by molar-refractivity contribution is 0.905. The summed E-state index contributed by atoms with van der Waals surface area (Å²) in [6, 6.07) is 6.70. The standard InChI is InChI=1S/C11H16N2/c1-3-4-9-7-10(11-12-13-11)6-5-8(9)2/h5-7,11-13H,3-4H2,1-2H3. The predicted octanol–water partition coefficient (Wildman–Crippen LogP) is 2.05. The van der Waals surface area contributed by atoms with Gasteiger partial charge in [-0.3, -0.25) is 0 Å². The van der Waals surface area contributed by atoms with Crippen molar-refractivity contribution in [1.82, 2.24) is 10.9 Å². The largest absolute Gasteiger partial charge is 0.234 e. The van der Waals surface area contributed by atoms with Gasteiger partial charge in [-0.1, -0.05) is 31.5 Å². The van der Waals surface area contributed by atoms with Gasteiger partial charge in [0.1, 0.15) is 6.17 Å². The first-order chi connectivity index (χ1) is 6.31. The summed E-state index contributed by atoms with van der Waals surface area (Å²) in [4.78, 5) is 0. The fourth-order valence-corrected chi connectivity index (χ4v) is 1.62. The summed E-state index contributed by atoms with van der Waals surface area (Å²) in [7, 11) is 0. The van der Waals surface area contributed by atoms with Crippen LogP contribution < -0.4 is 10.9 Å². The van der Waals surface area contributed by atoms with Gasteiger partial charge in [0, 0.05) is 0 Å². The van der Waals surface area contributed by atoms with E-state index in [1.165, 1.54) is 29.5 Å². The summed E-state index contributed by atoms with van der Waals surface area (Å²) in [6.07, 6.45) is 2.80. The number of hydrazine groups is 1. The van der Waals surface area contributed by atoms with Gasteiger partial charge in [-0.15, -0.1) is 0 Å². The Labute approximate surface area is 79.3 Å². The molecular weight excluding hydrogens is 160 g/mol. The van der Waals surface area contributed by atoms with Gasteiger partial charge in [0.15, 0.2) is 0 Å². The molecule has 0 spiro atoms. The molecule has 70 valence electrons. The van der Waals surface area contributed by atoms with E-state index in [2.05, 4.69) is 42.9 Å². The Morgan fingerprint density at radius 2 is 2.08 bits per heavy atom. The maximum atomic E-state index is 3.09. The molecule has 1 saturated heterocycles. The Bertz CT molecular complexity index is 303. The van der Waals surface area contributed by atoms with Crippen molar-refractivity contribution in [3.8, 4) is 0 Å². The zero-order valence-electron chi connectivity index (χ0n) is 8.22. The SMILES string of the molecule is CCCc1cc(C2NN2)ccc1C. The molecule has 1 aromatic carbocycles. The molecule has 2 nitrogen and oxygen atoms in total. The molecule has 2 heteroatoms. The molecule has 0 saturated carbocycles. The van der Waals surface area contributed by atoms with Gasteiger partial charge in [-0.05, 0) is 30.0 Å². The Kier molecular flexibility index (Phi) is 2.34. The third-order valence-electron chi connectivity index (χ3n) is 2.51. The zero-order valence-corrected chi connectivity index (χ0v) is 8.22. The Morgan fingerprint density at radius 3 is 2.69 bits per heavy atom. The summed E-state index contributed by atoms with van der Waals surface area (Å²) in [6.45, 7) is 4.41. The van der Waals surface area contributed by atoms with Crippen molar-refractivity contribution in [2.45, 2.75) is 32.9 Å². The minimum absolute atomic E-state index is 0.399. The molecule has 1 aromatic rings. The fraction of sp³-hybridized carbons (Fsp3) is 0.455. The summed E-state index contributed by atoms with van der Waals surface area (Å²) < 4.78 is 0. The van der Waals surface area contributed by atoms with Gasteiger partial charge in [-0.2, -0.15) is 0 Å². The van der Waals surface area contributed by atoms with E-state index in [9.17, 15) is 0 Å². The van der Waals surface area contributed by atoms with Gasteiger partial charge >= 0.3 is 0 Å². The summed E-state index contributed by atoms with van der Waals surface area (Å²) in [5.41, 5.74) is 10.4. The van der Waals surface area contributed by atoms with Crippen molar-refractivity contribution < 1.29 is 0 Å². The van der Waals surface area contributed by atoms with Crippen LogP contribution in [0.4, 0.5) is 0 Å². The van der Waals surface area contributed by atoms with Crippen LogP contribution in [0.1, 0.15) is 36.2 Å². The quantitative estimate of drug-likeness (QED) is 0.692. The van der Waals surface area contributed by atoms with Gasteiger partial charge in [-0.25, -0.2) is 10.9 Å². The van der Waals surface area contributed by atoms with Gasteiger partial charge in [0.05, 0.1) is 0 Å². The van der Waals surface area contributed by atoms with Crippen LogP contribution in [0, 0.1) is 6.92 Å². The molecule has 0 radical (unpaired) electrons. The molecule has 1 aliphatic rings. The highest BCUT2D eigenvalue weighted by Crippen LogP contribution is 2.20. The summed E-state index contributed by atoms with van der Waals surface area (Å²) >= 11 is 0. The maximum absolute atomic E-state index is 3.09. The molecular formula is C11H16N2. The van der Waals surface area contributed by atoms with Crippen molar-refractivity contribution in [3.05, 3.63) is 34.9 Å². The van der Waals surface area contributed by atoms with Crippen LogP contribution in [0.2, 0.25) is 0 Å². The third kappa shape index (κ3) is 1.90. The van der Waals surface area contributed by atoms with E-state index >= 15 is 0 Å². The predicted molar refractivity (Wildman–Crippen MR) is 54.2 cm³/mol. The molecule has 0 atom stereocenters. The number of nitrogens with one attached hydrogen (secondary N) is 2. The molecule has 13 heavy (non-hydrogen) atoms. The molecule has 0 bridgehead atoms. The summed E-state index contributed by atoms with van der Waals surface area (Å²) in [5, 5.41) is 0. The molecule has 0 aliphatic carbocycles. The highest BCUT2D eigenvalue weighted by Gasteiger charge is 2.21. The smallest absolute Gasteiger partial charge is 0.109 e. The van der Waals surface area contributed by atoms with Crippen molar-refractivity contribution in [2.75, 3.05) is 0 Å². The molecule has 0 amide bonds. The molecule has 0 aromatic heterocycles. The lowest BCUT2D eigenvalue weighted by Gasteiger charge is -2.05. The van der Waals surface area contributed by atoms with Gasteiger partial charge in [0.25, 0.3) is 0 Å². The van der Waals surface area contributed by atoms with E-state index in [1.54, 1.807) is 0 Å². The number of aryl methyl sites for hydroxylation is 2. The van der Waals surface area contributed by atoms with Crippen molar-refractivity contribution in [1.29, 1.82) is 0 Å². The van der Waals surface area contributed by atoms with Crippen molar-refractivity contribution in [3.63, 3.8) is 0 Å². The van der Waals surface area contributed by atoms with E-state index in [0.717, 1.165) is 0 Å². The molecule has 1 aliphatic heterocycles. The highest BCUT2D eigenvalue weighted by molar-refractivity contribution is 5.33. The van der Waals surface area contributed by atoms with Crippen molar-refractivity contribution in [2.24, 2.45) is 0 Å². The molecule has 1 heterocycles. The second-order valence-corrected chi connectivity index (χ2v) is 3.66. The lowest BCUT2D eigenvalue weighted by Crippen LogP contribution is -1.92. The maximum Gasteiger partial charge on any atom is 0.109 e. The third-order valence-corrected chi connectivity index (χ3v) is 2.51. The molecule has 2 rings (SSSR count). The first kappa shape index (κ1) is 8.73. The fourth-order valence-electron chi connectivity index (χ4n) is 1.62. The van der Waals surface area contributed by atoms with E-state index in [0.29, 0.717) is 6.17 Å². The normalized spacial score (nSPS) is 16.2. The van der Waals surface area contributed by atoms with E-state index in [-0.39, 0.29) is 0 Å². The van der Waals surface area contributed by atoms with E-state index in [1.807, 2.05) is 0 Å².